The predicted octanol–water partition coefficient (Wildman–Crippen LogP) is 0.803. The van der Waals surface area contributed by atoms with Crippen molar-refractivity contribution in [3.05, 3.63) is 70.8 Å². The Labute approximate surface area is 150 Å². The van der Waals surface area contributed by atoms with Crippen LogP contribution in [-0.2, 0) is 19.8 Å². The number of rotatable bonds is 2. The van der Waals surface area contributed by atoms with E-state index in [1.165, 1.54) is 4.90 Å². The van der Waals surface area contributed by atoms with E-state index in [1.807, 2.05) is 24.3 Å². The van der Waals surface area contributed by atoms with Crippen LogP contribution in [0.25, 0.3) is 0 Å². The number of hydrogen-bond donors (Lipinski definition) is 0. The molecule has 130 valence electrons. The van der Waals surface area contributed by atoms with E-state index in [2.05, 4.69) is 0 Å². The highest BCUT2D eigenvalue weighted by molar-refractivity contribution is 6.11. The molecule has 0 radical (unpaired) electrons. The molecule has 26 heavy (non-hydrogen) atoms. The molecule has 5 nitrogen and oxygen atoms in total. The van der Waals surface area contributed by atoms with Crippen LogP contribution in [0.1, 0.15) is 35.1 Å². The number of carbonyl (C=O) groups excluding carboxylic acids is 3. The van der Waals surface area contributed by atoms with Crippen molar-refractivity contribution in [2.45, 2.75) is 18.3 Å². The maximum Gasteiger partial charge on any atom is 0.234 e. The number of benzene rings is 2. The van der Waals surface area contributed by atoms with Crippen LogP contribution in [0.15, 0.2) is 48.5 Å². The Bertz CT molecular complexity index is 948. The molecule has 1 heterocycles. The van der Waals surface area contributed by atoms with E-state index in [0.717, 1.165) is 11.1 Å². The third kappa shape index (κ3) is 1.43. The second-order valence-electron chi connectivity index (χ2n) is 7.17. The van der Waals surface area contributed by atoms with Crippen molar-refractivity contribution >= 4 is 17.8 Å². The molecule has 1 aliphatic heterocycles. The summed E-state index contributed by atoms with van der Waals surface area (Å²) >= 11 is 0. The molecule has 2 aromatic rings. The summed E-state index contributed by atoms with van der Waals surface area (Å²) in [6.07, 6.45) is 0. The first-order valence-electron chi connectivity index (χ1n) is 8.80. The number of amides is 2. The molecule has 0 N–H and O–H groups in total. The summed E-state index contributed by atoms with van der Waals surface area (Å²) in [5.74, 6) is -3.94. The fourth-order valence-electron chi connectivity index (χ4n) is 5.49. The first kappa shape index (κ1) is 15.3. The topological polar surface area (TPSA) is 77.5 Å². The molecule has 6 rings (SSSR count). The zero-order valence-corrected chi connectivity index (χ0v) is 14.1. The lowest BCUT2D eigenvalue weighted by Gasteiger charge is -2.54. The second kappa shape index (κ2) is 4.81. The molecule has 0 unspecified atom stereocenters. The minimum Gasteiger partial charge on any atom is -0.549 e. The number of aliphatic carboxylic acids is 1. The van der Waals surface area contributed by atoms with Crippen LogP contribution in [0, 0.1) is 11.8 Å². The van der Waals surface area contributed by atoms with Gasteiger partial charge in [0.05, 0.1) is 23.2 Å². The van der Waals surface area contributed by atoms with Gasteiger partial charge in [0, 0.05) is 12.5 Å². The Hall–Kier alpha value is -2.95. The molecule has 2 aromatic carbocycles. The Balaban J connectivity index is 1.95. The van der Waals surface area contributed by atoms with Gasteiger partial charge in [-0.15, -0.1) is 0 Å². The quantitative estimate of drug-likeness (QED) is 0.754. The average Bonchev–Trinajstić information content (AvgIpc) is 2.92. The molecule has 5 heteroatoms. The van der Waals surface area contributed by atoms with Crippen molar-refractivity contribution < 1.29 is 19.5 Å². The van der Waals surface area contributed by atoms with Crippen LogP contribution in [0.4, 0.5) is 0 Å². The van der Waals surface area contributed by atoms with Gasteiger partial charge >= 0.3 is 0 Å². The van der Waals surface area contributed by atoms with Crippen molar-refractivity contribution in [3.63, 3.8) is 0 Å². The Morgan fingerprint density at radius 2 is 1.54 bits per heavy atom. The molecule has 2 amide bonds. The predicted molar refractivity (Wildman–Crippen MR) is 89.9 cm³/mol. The van der Waals surface area contributed by atoms with E-state index in [4.69, 9.17) is 0 Å². The highest BCUT2D eigenvalue weighted by Crippen LogP contribution is 2.63. The number of hydrogen-bond acceptors (Lipinski definition) is 4. The van der Waals surface area contributed by atoms with E-state index in [-0.39, 0.29) is 18.4 Å². The highest BCUT2D eigenvalue weighted by atomic mass is 16.4. The molecule has 2 bridgehead atoms. The number of carboxylic acids is 1. The van der Waals surface area contributed by atoms with Crippen molar-refractivity contribution in [1.82, 2.24) is 4.90 Å². The van der Waals surface area contributed by atoms with Gasteiger partial charge in [0.1, 0.15) is 0 Å². The third-order valence-electron chi connectivity index (χ3n) is 6.35. The summed E-state index contributed by atoms with van der Waals surface area (Å²) in [5, 5.41) is 12.7. The van der Waals surface area contributed by atoms with Crippen molar-refractivity contribution in [1.29, 1.82) is 0 Å². The standard InChI is InChI=1S/C21H17NO4/c1-2-22-18(23)16-15-11-7-3-5-9-13(11)21(20(25)26,17(16)19(22)24)14-10-6-4-8-12(14)15/h3-10,15-17H,2H2,1H3,(H,25,26)/p-1/t15?,16-,17+,21?/m0/s1. The molecule has 3 aliphatic carbocycles. The minimum absolute atomic E-state index is 0.243. The van der Waals surface area contributed by atoms with E-state index in [0.29, 0.717) is 11.1 Å². The second-order valence-corrected chi connectivity index (χ2v) is 7.17. The fourth-order valence-corrected chi connectivity index (χ4v) is 5.49. The van der Waals surface area contributed by atoms with Gasteiger partial charge in [-0.05, 0) is 29.2 Å². The zero-order valence-electron chi connectivity index (χ0n) is 14.1. The lowest BCUT2D eigenvalue weighted by molar-refractivity contribution is -0.314. The van der Waals surface area contributed by atoms with Crippen LogP contribution in [-0.4, -0.2) is 29.2 Å². The molecule has 0 spiro atoms. The largest absolute Gasteiger partial charge is 0.549 e. The summed E-state index contributed by atoms with van der Waals surface area (Å²) in [5.41, 5.74) is 1.18. The first-order chi connectivity index (χ1) is 12.5. The summed E-state index contributed by atoms with van der Waals surface area (Å²) in [4.78, 5) is 40.0. The Kier molecular flexibility index (Phi) is 2.84. The first-order valence-corrected chi connectivity index (χ1v) is 8.80. The number of carbonyl (C=O) groups is 3. The van der Waals surface area contributed by atoms with Crippen molar-refractivity contribution in [2.24, 2.45) is 11.8 Å². The molecule has 0 aromatic heterocycles. The van der Waals surface area contributed by atoms with E-state index >= 15 is 0 Å². The zero-order chi connectivity index (χ0) is 18.2. The number of likely N-dealkylation sites (tertiary alicyclic amines) is 1. The molecule has 1 saturated heterocycles. The lowest BCUT2D eigenvalue weighted by atomic mass is 9.47. The van der Waals surface area contributed by atoms with Crippen LogP contribution in [0.2, 0.25) is 0 Å². The SMILES string of the molecule is CCN1C(=O)[C@H]2C3c4ccccc4C(C(=O)[O-])(c4ccccc43)[C@H]2C1=O. The van der Waals surface area contributed by atoms with Gasteiger partial charge in [-0.2, -0.15) is 0 Å². The van der Waals surface area contributed by atoms with E-state index in [9.17, 15) is 19.5 Å². The summed E-state index contributed by atoms with van der Waals surface area (Å²) in [6.45, 7) is 1.98. The monoisotopic (exact) mass is 346 g/mol. The molecular weight excluding hydrogens is 330 g/mol. The van der Waals surface area contributed by atoms with Gasteiger partial charge < -0.3 is 9.90 Å². The van der Waals surface area contributed by atoms with Gasteiger partial charge in [-0.25, -0.2) is 0 Å². The van der Waals surface area contributed by atoms with Crippen LogP contribution >= 0.6 is 0 Å². The Morgan fingerprint density at radius 3 is 2.04 bits per heavy atom. The molecule has 0 saturated carbocycles. The maximum atomic E-state index is 13.1. The average molecular weight is 346 g/mol. The number of carboxylic acid groups (broad SMARTS) is 1. The van der Waals surface area contributed by atoms with Gasteiger partial charge in [0.15, 0.2) is 0 Å². The van der Waals surface area contributed by atoms with Gasteiger partial charge in [-0.3, -0.25) is 14.5 Å². The molecule has 1 fully saturated rings. The highest BCUT2D eigenvalue weighted by Gasteiger charge is 2.68. The number of imide groups is 1. The van der Waals surface area contributed by atoms with E-state index in [1.54, 1.807) is 31.2 Å². The molecular formula is C21H16NO4-. The lowest BCUT2D eigenvalue weighted by Crippen LogP contribution is -2.61. The van der Waals surface area contributed by atoms with Crippen LogP contribution in [0.3, 0.4) is 0 Å². The van der Waals surface area contributed by atoms with Crippen LogP contribution < -0.4 is 5.11 Å². The van der Waals surface area contributed by atoms with Gasteiger partial charge in [0.25, 0.3) is 0 Å². The maximum absolute atomic E-state index is 13.1. The summed E-state index contributed by atoms with van der Waals surface area (Å²) in [7, 11) is 0. The van der Waals surface area contributed by atoms with Gasteiger partial charge in [0.2, 0.25) is 11.8 Å². The minimum atomic E-state index is -1.62. The van der Waals surface area contributed by atoms with Gasteiger partial charge in [-0.1, -0.05) is 48.5 Å². The molecule has 2 atom stereocenters. The normalized spacial score (nSPS) is 30.8. The smallest absolute Gasteiger partial charge is 0.234 e. The third-order valence-corrected chi connectivity index (χ3v) is 6.35. The Morgan fingerprint density at radius 1 is 1.00 bits per heavy atom. The fraction of sp³-hybridized carbons (Fsp3) is 0.286. The van der Waals surface area contributed by atoms with Crippen molar-refractivity contribution in [3.8, 4) is 0 Å². The summed E-state index contributed by atoms with van der Waals surface area (Å²) in [6, 6.07) is 14.5. The van der Waals surface area contributed by atoms with Crippen molar-refractivity contribution in [2.75, 3.05) is 6.54 Å². The molecule has 4 aliphatic rings. The summed E-state index contributed by atoms with van der Waals surface area (Å²) < 4.78 is 0. The van der Waals surface area contributed by atoms with E-state index < -0.39 is 29.1 Å². The van der Waals surface area contributed by atoms with Crippen LogP contribution in [0.5, 0.6) is 0 Å². The number of nitrogens with zero attached hydrogens (tertiary/aromatic N) is 1.